The number of thiazole rings is 1. The Labute approximate surface area is 237 Å². The number of methoxy groups -OCH3 is 1. The summed E-state index contributed by atoms with van der Waals surface area (Å²) in [5, 5.41) is 18.0. The average Bonchev–Trinajstić information content (AvgIpc) is 3.52. The SMILES string of the molecule is COc1ccc2nc(-c3cc(-c4cc(Cl)cc(Cl)c4)nn3Cc3ccc(C(=O)NCCC(=O)O)cc3)sc2c1. The molecule has 3 aromatic carbocycles. The average molecular weight is 581 g/mol. The second kappa shape index (κ2) is 11.4. The number of amides is 1. The molecule has 8 nitrogen and oxygen atoms in total. The van der Waals surface area contributed by atoms with Crippen molar-refractivity contribution in [3.8, 4) is 27.7 Å². The molecule has 39 heavy (non-hydrogen) atoms. The Morgan fingerprint density at radius 2 is 1.77 bits per heavy atom. The molecule has 0 radical (unpaired) electrons. The van der Waals surface area contributed by atoms with Gasteiger partial charge in [-0.05, 0) is 60.2 Å². The molecule has 0 spiro atoms. The van der Waals surface area contributed by atoms with Crippen molar-refractivity contribution >= 4 is 56.6 Å². The van der Waals surface area contributed by atoms with Crippen molar-refractivity contribution in [3.63, 3.8) is 0 Å². The first-order chi connectivity index (χ1) is 18.8. The minimum atomic E-state index is -0.965. The number of hydrogen-bond acceptors (Lipinski definition) is 6. The van der Waals surface area contributed by atoms with Crippen LogP contribution in [0.3, 0.4) is 0 Å². The molecule has 0 atom stereocenters. The first-order valence-electron chi connectivity index (χ1n) is 11.9. The molecule has 0 aliphatic rings. The van der Waals surface area contributed by atoms with Crippen LogP contribution in [0, 0.1) is 0 Å². The second-order valence-corrected chi connectivity index (χ2v) is 10.6. The molecular formula is C28H22Cl2N4O4S. The van der Waals surface area contributed by atoms with Crippen LogP contribution in [0.5, 0.6) is 5.75 Å². The molecule has 0 saturated carbocycles. The Hall–Kier alpha value is -3.92. The third-order valence-electron chi connectivity index (χ3n) is 5.93. The summed E-state index contributed by atoms with van der Waals surface area (Å²) in [5.74, 6) is -0.535. The van der Waals surface area contributed by atoms with E-state index in [4.69, 9.17) is 43.1 Å². The summed E-state index contributed by atoms with van der Waals surface area (Å²) in [5.41, 5.74) is 4.51. The van der Waals surface area contributed by atoms with Gasteiger partial charge >= 0.3 is 5.97 Å². The van der Waals surface area contributed by atoms with Crippen molar-refractivity contribution in [1.82, 2.24) is 20.1 Å². The number of hydrogen-bond donors (Lipinski definition) is 2. The summed E-state index contributed by atoms with van der Waals surface area (Å²) in [6, 6.07) is 20.1. The van der Waals surface area contributed by atoms with Crippen molar-refractivity contribution in [2.24, 2.45) is 0 Å². The zero-order valence-electron chi connectivity index (χ0n) is 20.6. The Bertz CT molecular complexity index is 1660. The van der Waals surface area contributed by atoms with Gasteiger partial charge in [0.1, 0.15) is 10.8 Å². The summed E-state index contributed by atoms with van der Waals surface area (Å²) >= 11 is 14.1. The van der Waals surface area contributed by atoms with E-state index in [9.17, 15) is 9.59 Å². The van der Waals surface area contributed by atoms with Gasteiger partial charge in [0.05, 0.1) is 41.7 Å². The van der Waals surface area contributed by atoms with Gasteiger partial charge in [-0.25, -0.2) is 4.98 Å². The van der Waals surface area contributed by atoms with Crippen LogP contribution < -0.4 is 10.1 Å². The summed E-state index contributed by atoms with van der Waals surface area (Å²) in [6.45, 7) is 0.487. The summed E-state index contributed by atoms with van der Waals surface area (Å²) in [4.78, 5) is 27.8. The Morgan fingerprint density at radius 1 is 1.03 bits per heavy atom. The number of nitrogens with zero attached hydrogens (tertiary/aromatic N) is 3. The third kappa shape index (κ3) is 6.22. The molecule has 0 aliphatic heterocycles. The van der Waals surface area contributed by atoms with Crippen LogP contribution in [0.4, 0.5) is 0 Å². The van der Waals surface area contributed by atoms with Crippen molar-refractivity contribution in [3.05, 3.63) is 87.9 Å². The van der Waals surface area contributed by atoms with Crippen molar-refractivity contribution in [1.29, 1.82) is 0 Å². The van der Waals surface area contributed by atoms with Crippen LogP contribution in [0.15, 0.2) is 66.7 Å². The van der Waals surface area contributed by atoms with Crippen LogP contribution in [-0.2, 0) is 11.3 Å². The molecule has 1 amide bonds. The van der Waals surface area contributed by atoms with Crippen molar-refractivity contribution in [2.75, 3.05) is 13.7 Å². The lowest BCUT2D eigenvalue weighted by Crippen LogP contribution is -2.25. The lowest BCUT2D eigenvalue weighted by Gasteiger charge is -2.08. The number of carbonyl (C=O) groups is 2. The predicted octanol–water partition coefficient (Wildman–Crippen LogP) is 6.40. The number of benzene rings is 3. The number of rotatable bonds is 9. The molecule has 2 aromatic heterocycles. The van der Waals surface area contributed by atoms with Crippen LogP contribution >= 0.6 is 34.5 Å². The molecule has 198 valence electrons. The van der Waals surface area contributed by atoms with E-state index < -0.39 is 5.97 Å². The normalized spacial score (nSPS) is 11.1. The monoisotopic (exact) mass is 580 g/mol. The Morgan fingerprint density at radius 3 is 2.46 bits per heavy atom. The highest BCUT2D eigenvalue weighted by atomic mass is 35.5. The van der Waals surface area contributed by atoms with Gasteiger partial charge in [0.25, 0.3) is 5.91 Å². The largest absolute Gasteiger partial charge is 0.497 e. The van der Waals surface area contributed by atoms with Gasteiger partial charge in [-0.3, -0.25) is 14.3 Å². The van der Waals surface area contributed by atoms with Gasteiger partial charge in [-0.1, -0.05) is 35.3 Å². The standard InChI is InChI=1S/C28H22Cl2N4O4S/c1-38-21-6-7-22-25(13-21)39-28(32-22)24-14-23(18-10-19(29)12-20(30)11-18)33-34(24)15-16-2-4-17(5-3-16)27(37)31-9-8-26(35)36/h2-7,10-14H,8-9,15H2,1H3,(H,31,37)(H,35,36). The fourth-order valence-electron chi connectivity index (χ4n) is 4.01. The van der Waals surface area contributed by atoms with Gasteiger partial charge < -0.3 is 15.2 Å². The molecule has 0 unspecified atom stereocenters. The molecular weight excluding hydrogens is 559 g/mol. The zero-order valence-corrected chi connectivity index (χ0v) is 23.0. The van der Waals surface area contributed by atoms with Gasteiger partial charge in [0.15, 0.2) is 0 Å². The molecule has 0 fully saturated rings. The van der Waals surface area contributed by atoms with E-state index in [1.165, 1.54) is 11.3 Å². The lowest BCUT2D eigenvalue weighted by atomic mass is 10.1. The highest BCUT2D eigenvalue weighted by molar-refractivity contribution is 7.21. The van der Waals surface area contributed by atoms with Gasteiger partial charge in [-0.15, -0.1) is 11.3 Å². The minimum Gasteiger partial charge on any atom is -0.497 e. The van der Waals surface area contributed by atoms with Crippen LogP contribution in [0.25, 0.3) is 32.2 Å². The van der Waals surface area contributed by atoms with E-state index >= 15 is 0 Å². The Kier molecular flexibility index (Phi) is 7.83. The molecule has 0 aliphatic carbocycles. The van der Waals surface area contributed by atoms with E-state index in [-0.39, 0.29) is 18.9 Å². The van der Waals surface area contributed by atoms with E-state index in [0.29, 0.717) is 27.8 Å². The highest BCUT2D eigenvalue weighted by Gasteiger charge is 2.17. The number of fused-ring (bicyclic) bond motifs is 1. The molecule has 5 rings (SSSR count). The molecule has 5 aromatic rings. The van der Waals surface area contributed by atoms with Crippen LogP contribution in [0.1, 0.15) is 22.3 Å². The van der Waals surface area contributed by atoms with E-state index in [1.54, 1.807) is 25.3 Å². The maximum Gasteiger partial charge on any atom is 0.305 e. The first-order valence-corrected chi connectivity index (χ1v) is 13.4. The number of carboxylic acids is 1. The van der Waals surface area contributed by atoms with Crippen molar-refractivity contribution in [2.45, 2.75) is 13.0 Å². The maximum absolute atomic E-state index is 12.3. The number of halogens is 2. The summed E-state index contributed by atoms with van der Waals surface area (Å²) < 4.78 is 8.22. The molecule has 2 heterocycles. The van der Waals surface area contributed by atoms with Crippen LogP contribution in [0.2, 0.25) is 10.0 Å². The quantitative estimate of drug-likeness (QED) is 0.209. The fraction of sp³-hybridized carbons (Fsp3) is 0.143. The predicted molar refractivity (Wildman–Crippen MR) is 153 cm³/mol. The van der Waals surface area contributed by atoms with Gasteiger partial charge in [0, 0.05) is 27.7 Å². The first kappa shape index (κ1) is 26.7. The second-order valence-electron chi connectivity index (χ2n) is 8.68. The fourth-order valence-corrected chi connectivity index (χ4v) is 5.55. The lowest BCUT2D eigenvalue weighted by molar-refractivity contribution is -0.136. The van der Waals surface area contributed by atoms with E-state index in [2.05, 4.69) is 5.32 Å². The number of aliphatic carboxylic acids is 1. The number of carbonyl (C=O) groups excluding carboxylic acids is 1. The maximum atomic E-state index is 12.3. The minimum absolute atomic E-state index is 0.0664. The molecule has 11 heteroatoms. The zero-order chi connectivity index (χ0) is 27.5. The summed E-state index contributed by atoms with van der Waals surface area (Å²) in [7, 11) is 1.63. The molecule has 0 saturated heterocycles. The number of ether oxygens (including phenoxy) is 1. The molecule has 2 N–H and O–H groups in total. The van der Waals surface area contributed by atoms with Crippen molar-refractivity contribution < 1.29 is 19.4 Å². The van der Waals surface area contributed by atoms with Gasteiger partial charge in [0.2, 0.25) is 0 Å². The van der Waals surface area contributed by atoms with Crippen LogP contribution in [-0.4, -0.2) is 45.4 Å². The molecule has 0 bridgehead atoms. The highest BCUT2D eigenvalue weighted by Crippen LogP contribution is 2.35. The number of nitrogens with one attached hydrogen (secondary N) is 1. The smallest absolute Gasteiger partial charge is 0.305 e. The van der Waals surface area contributed by atoms with E-state index in [1.807, 2.05) is 53.2 Å². The summed E-state index contributed by atoms with van der Waals surface area (Å²) in [6.07, 6.45) is -0.134. The number of carboxylic acid groups (broad SMARTS) is 1. The number of aromatic nitrogens is 3. The third-order valence-corrected chi connectivity index (χ3v) is 7.40. The Balaban J connectivity index is 1.48. The van der Waals surface area contributed by atoms with E-state index in [0.717, 1.165) is 37.8 Å². The van der Waals surface area contributed by atoms with Gasteiger partial charge in [-0.2, -0.15) is 5.10 Å². The topological polar surface area (TPSA) is 106 Å².